The number of hydrogen-bond acceptors (Lipinski definition) is 3. The van der Waals surface area contributed by atoms with Crippen molar-refractivity contribution in [1.29, 1.82) is 0 Å². The third kappa shape index (κ3) is 1.33. The second-order valence-corrected chi connectivity index (χ2v) is 3.17. The molecule has 3 heteroatoms. The molecule has 0 saturated carbocycles. The van der Waals surface area contributed by atoms with Crippen LogP contribution in [0.15, 0.2) is 0 Å². The molecule has 0 aliphatic carbocycles. The maximum atomic E-state index is 10.8. The molecule has 1 atom stereocenters. The summed E-state index contributed by atoms with van der Waals surface area (Å²) >= 11 is 1.55. The van der Waals surface area contributed by atoms with Crippen LogP contribution in [0.2, 0.25) is 0 Å². The molecule has 1 saturated heterocycles. The van der Waals surface area contributed by atoms with Gasteiger partial charge in [0.05, 0.1) is 11.7 Å². The topological polar surface area (TPSA) is 34.1 Å². The molecule has 0 aromatic heterocycles. The summed E-state index contributed by atoms with van der Waals surface area (Å²) in [4.78, 5) is 21.4. The maximum absolute atomic E-state index is 10.8. The number of hydrogen-bond donors (Lipinski definition) is 0. The summed E-state index contributed by atoms with van der Waals surface area (Å²) in [5.74, 6) is 1.07. The maximum Gasteiger partial charge on any atom is 0.153 e. The van der Waals surface area contributed by atoms with E-state index in [1.807, 2.05) is 0 Å². The van der Waals surface area contributed by atoms with E-state index in [-0.39, 0.29) is 17.5 Å². The smallest absolute Gasteiger partial charge is 0.153 e. The Hall–Kier alpha value is -0.310. The Kier molecular flexibility index (Phi) is 1.90. The Balaban J connectivity index is 2.60. The lowest BCUT2D eigenvalue weighted by Crippen LogP contribution is -2.18. The fourth-order valence-corrected chi connectivity index (χ4v) is 1.99. The molecule has 0 radical (unpaired) electrons. The van der Waals surface area contributed by atoms with Gasteiger partial charge in [0.25, 0.3) is 0 Å². The Morgan fingerprint density at radius 2 is 2.44 bits per heavy atom. The van der Waals surface area contributed by atoms with Gasteiger partial charge in [0.1, 0.15) is 5.78 Å². The van der Waals surface area contributed by atoms with E-state index >= 15 is 0 Å². The van der Waals surface area contributed by atoms with Crippen LogP contribution < -0.4 is 0 Å². The summed E-state index contributed by atoms with van der Waals surface area (Å²) in [6.07, 6.45) is 0. The van der Waals surface area contributed by atoms with Crippen molar-refractivity contribution in [2.75, 3.05) is 11.5 Å². The molecule has 9 heavy (non-hydrogen) atoms. The van der Waals surface area contributed by atoms with E-state index in [0.717, 1.165) is 0 Å². The van der Waals surface area contributed by atoms with E-state index in [0.29, 0.717) is 11.5 Å². The molecule has 0 amide bonds. The summed E-state index contributed by atoms with van der Waals surface area (Å²) in [5, 5.41) is 0. The zero-order chi connectivity index (χ0) is 6.85. The highest BCUT2D eigenvalue weighted by molar-refractivity contribution is 8.00. The van der Waals surface area contributed by atoms with Gasteiger partial charge in [0.2, 0.25) is 0 Å². The number of thioether (sulfide) groups is 1. The van der Waals surface area contributed by atoms with E-state index in [9.17, 15) is 9.59 Å². The first-order valence-electron chi connectivity index (χ1n) is 2.82. The van der Waals surface area contributed by atoms with Gasteiger partial charge in [-0.3, -0.25) is 9.59 Å². The highest BCUT2D eigenvalue weighted by Gasteiger charge is 2.28. The van der Waals surface area contributed by atoms with Gasteiger partial charge in [-0.05, 0) is 6.92 Å². The molecule has 2 nitrogen and oxygen atoms in total. The number of Topliss-reactive ketones (excluding diaryl/α,β-unsaturated/α-hetero) is 2. The van der Waals surface area contributed by atoms with Crippen molar-refractivity contribution in [3.05, 3.63) is 0 Å². The highest BCUT2D eigenvalue weighted by Crippen LogP contribution is 2.20. The Morgan fingerprint density at radius 3 is 2.67 bits per heavy atom. The molecule has 1 rings (SSSR count). The Morgan fingerprint density at radius 1 is 1.78 bits per heavy atom. The van der Waals surface area contributed by atoms with Gasteiger partial charge in [-0.25, -0.2) is 0 Å². The zero-order valence-electron chi connectivity index (χ0n) is 5.22. The number of rotatable bonds is 1. The predicted molar refractivity (Wildman–Crippen MR) is 36.5 cm³/mol. The van der Waals surface area contributed by atoms with Crippen molar-refractivity contribution < 1.29 is 9.59 Å². The van der Waals surface area contributed by atoms with E-state index in [4.69, 9.17) is 0 Å². The summed E-state index contributed by atoms with van der Waals surface area (Å²) in [7, 11) is 0. The fraction of sp³-hybridized carbons (Fsp3) is 0.667. The van der Waals surface area contributed by atoms with Crippen LogP contribution in [0.25, 0.3) is 0 Å². The quantitative estimate of drug-likeness (QED) is 0.503. The molecular formula is C6H8O2S. The van der Waals surface area contributed by atoms with Crippen molar-refractivity contribution in [2.24, 2.45) is 5.92 Å². The number of ketones is 2. The van der Waals surface area contributed by atoms with Crippen molar-refractivity contribution in [2.45, 2.75) is 6.92 Å². The van der Waals surface area contributed by atoms with Crippen molar-refractivity contribution in [3.63, 3.8) is 0 Å². The number of carbonyl (C=O) groups excluding carboxylic acids is 2. The minimum absolute atomic E-state index is 0.0185. The van der Waals surface area contributed by atoms with Crippen LogP contribution in [0.5, 0.6) is 0 Å². The highest BCUT2D eigenvalue weighted by atomic mass is 32.2. The van der Waals surface area contributed by atoms with Gasteiger partial charge in [0, 0.05) is 5.75 Å². The third-order valence-electron chi connectivity index (χ3n) is 1.41. The van der Waals surface area contributed by atoms with Crippen molar-refractivity contribution in [1.82, 2.24) is 0 Å². The normalized spacial score (nSPS) is 26.8. The summed E-state index contributed by atoms with van der Waals surface area (Å²) < 4.78 is 0. The van der Waals surface area contributed by atoms with Gasteiger partial charge in [-0.15, -0.1) is 0 Å². The first-order valence-corrected chi connectivity index (χ1v) is 3.98. The zero-order valence-corrected chi connectivity index (χ0v) is 6.03. The minimum Gasteiger partial charge on any atom is -0.299 e. The molecule has 1 aliphatic heterocycles. The minimum atomic E-state index is -0.282. The first kappa shape index (κ1) is 6.81. The van der Waals surface area contributed by atoms with Crippen molar-refractivity contribution in [3.8, 4) is 0 Å². The molecule has 1 heterocycles. The van der Waals surface area contributed by atoms with Gasteiger partial charge >= 0.3 is 0 Å². The lowest BCUT2D eigenvalue weighted by Gasteiger charge is -1.97. The van der Waals surface area contributed by atoms with Crippen LogP contribution in [0.4, 0.5) is 0 Å². The second-order valence-electron chi connectivity index (χ2n) is 2.14. The molecular weight excluding hydrogens is 136 g/mol. The van der Waals surface area contributed by atoms with E-state index in [2.05, 4.69) is 0 Å². The lowest BCUT2D eigenvalue weighted by molar-refractivity contribution is -0.128. The van der Waals surface area contributed by atoms with Crippen LogP contribution in [0, 0.1) is 5.92 Å². The Labute approximate surface area is 58.0 Å². The first-order chi connectivity index (χ1) is 4.22. The summed E-state index contributed by atoms with van der Waals surface area (Å²) in [6, 6.07) is 0. The van der Waals surface area contributed by atoms with Gasteiger partial charge in [-0.1, -0.05) is 0 Å². The second kappa shape index (κ2) is 2.52. The van der Waals surface area contributed by atoms with E-state index in [1.165, 1.54) is 6.92 Å². The van der Waals surface area contributed by atoms with Crippen LogP contribution >= 0.6 is 11.8 Å². The average Bonchev–Trinajstić information content (AvgIpc) is 2.13. The van der Waals surface area contributed by atoms with Crippen LogP contribution in [-0.2, 0) is 9.59 Å². The molecule has 1 unspecified atom stereocenters. The third-order valence-corrected chi connectivity index (χ3v) is 2.47. The average molecular weight is 144 g/mol. The van der Waals surface area contributed by atoms with Gasteiger partial charge < -0.3 is 0 Å². The standard InChI is InChI=1S/C6H8O2S/c1-4(7)5-2-9-3-6(5)8/h5H,2-3H2,1H3. The largest absolute Gasteiger partial charge is 0.299 e. The molecule has 0 aromatic rings. The van der Waals surface area contributed by atoms with E-state index < -0.39 is 0 Å². The number of carbonyl (C=O) groups is 2. The molecule has 0 N–H and O–H groups in total. The van der Waals surface area contributed by atoms with Crippen LogP contribution in [0.3, 0.4) is 0 Å². The van der Waals surface area contributed by atoms with Gasteiger partial charge in [-0.2, -0.15) is 11.8 Å². The van der Waals surface area contributed by atoms with Crippen molar-refractivity contribution >= 4 is 23.3 Å². The molecule has 1 fully saturated rings. The van der Waals surface area contributed by atoms with Crippen LogP contribution in [0.1, 0.15) is 6.92 Å². The lowest BCUT2D eigenvalue weighted by atomic mass is 10.0. The summed E-state index contributed by atoms with van der Waals surface area (Å²) in [6.45, 7) is 1.48. The summed E-state index contributed by atoms with van der Waals surface area (Å²) in [5.41, 5.74) is 0. The fourth-order valence-electron chi connectivity index (χ4n) is 0.815. The van der Waals surface area contributed by atoms with Crippen LogP contribution in [-0.4, -0.2) is 23.1 Å². The molecule has 1 aliphatic rings. The molecule has 0 spiro atoms. The monoisotopic (exact) mass is 144 g/mol. The van der Waals surface area contributed by atoms with Gasteiger partial charge in [0.15, 0.2) is 5.78 Å². The Bertz CT molecular complexity index is 153. The SMILES string of the molecule is CC(=O)C1CSCC1=O. The molecule has 0 bridgehead atoms. The van der Waals surface area contributed by atoms with E-state index in [1.54, 1.807) is 11.8 Å². The molecule has 0 aromatic carbocycles. The predicted octanol–water partition coefficient (Wildman–Crippen LogP) is 0.508. The molecule has 50 valence electrons.